The third-order valence-electron chi connectivity index (χ3n) is 1.76. The Balaban J connectivity index is 2.35. The van der Waals surface area contributed by atoms with Gasteiger partial charge in [0.05, 0.1) is 24.4 Å². The predicted octanol–water partition coefficient (Wildman–Crippen LogP) is 2.79. The summed E-state index contributed by atoms with van der Waals surface area (Å²) in [6.45, 7) is -0.392. The molecule has 0 saturated carbocycles. The number of rotatable bonds is 5. The first-order valence-electron chi connectivity index (χ1n) is 4.34. The highest BCUT2D eigenvalue weighted by molar-refractivity contribution is 7.99. The standard InChI is InChI=1S/C8H10ClF3N2OS/c1-14-6(4-9)5-13-7(14)16-3-2-15-8(10,11)12/h5H,2-4H2,1H3. The van der Waals surface area contributed by atoms with Gasteiger partial charge in [-0.3, -0.25) is 4.74 Å². The fourth-order valence-corrected chi connectivity index (χ4v) is 2.01. The Bertz CT molecular complexity index is 343. The van der Waals surface area contributed by atoms with Crippen LogP contribution in [0.4, 0.5) is 13.2 Å². The van der Waals surface area contributed by atoms with Crippen LogP contribution in [0.5, 0.6) is 0 Å². The van der Waals surface area contributed by atoms with Crippen molar-refractivity contribution in [2.45, 2.75) is 17.4 Å². The molecule has 92 valence electrons. The largest absolute Gasteiger partial charge is 0.522 e. The third-order valence-corrected chi connectivity index (χ3v) is 3.04. The lowest BCUT2D eigenvalue weighted by Crippen LogP contribution is -2.15. The van der Waals surface area contributed by atoms with Crippen LogP contribution in [-0.4, -0.2) is 28.3 Å². The van der Waals surface area contributed by atoms with Gasteiger partial charge in [-0.25, -0.2) is 4.98 Å². The highest BCUT2D eigenvalue weighted by Crippen LogP contribution is 2.20. The van der Waals surface area contributed by atoms with Gasteiger partial charge in [0.2, 0.25) is 0 Å². The second-order valence-electron chi connectivity index (χ2n) is 2.87. The first-order valence-corrected chi connectivity index (χ1v) is 5.86. The summed E-state index contributed by atoms with van der Waals surface area (Å²) in [7, 11) is 1.76. The van der Waals surface area contributed by atoms with Gasteiger partial charge < -0.3 is 4.57 Å². The van der Waals surface area contributed by atoms with E-state index in [4.69, 9.17) is 11.6 Å². The lowest BCUT2D eigenvalue weighted by atomic mass is 10.5. The maximum absolute atomic E-state index is 11.6. The predicted molar refractivity (Wildman–Crippen MR) is 55.5 cm³/mol. The Kier molecular flexibility index (Phi) is 4.94. The fourth-order valence-electron chi connectivity index (χ4n) is 0.974. The van der Waals surface area contributed by atoms with Crippen molar-refractivity contribution in [3.8, 4) is 0 Å². The summed E-state index contributed by atoms with van der Waals surface area (Å²) in [4.78, 5) is 4.03. The zero-order valence-electron chi connectivity index (χ0n) is 8.42. The number of nitrogens with zero attached hydrogens (tertiary/aromatic N) is 2. The van der Waals surface area contributed by atoms with E-state index < -0.39 is 13.0 Å². The number of imidazole rings is 1. The Morgan fingerprint density at radius 1 is 1.56 bits per heavy atom. The number of hydrogen-bond donors (Lipinski definition) is 0. The van der Waals surface area contributed by atoms with Gasteiger partial charge in [-0.2, -0.15) is 0 Å². The van der Waals surface area contributed by atoms with E-state index >= 15 is 0 Å². The van der Waals surface area contributed by atoms with E-state index in [1.54, 1.807) is 17.8 Å². The van der Waals surface area contributed by atoms with Crippen LogP contribution in [0, 0.1) is 0 Å². The molecular formula is C8H10ClF3N2OS. The van der Waals surface area contributed by atoms with Crippen molar-refractivity contribution in [3.63, 3.8) is 0 Å². The Morgan fingerprint density at radius 2 is 2.25 bits per heavy atom. The van der Waals surface area contributed by atoms with Crippen LogP contribution in [0.25, 0.3) is 0 Å². The molecule has 0 fully saturated rings. The van der Waals surface area contributed by atoms with Crippen LogP contribution < -0.4 is 0 Å². The van der Waals surface area contributed by atoms with Gasteiger partial charge in [0, 0.05) is 12.8 Å². The summed E-state index contributed by atoms with van der Waals surface area (Å²) in [5.41, 5.74) is 0.820. The van der Waals surface area contributed by atoms with Crippen molar-refractivity contribution in [1.82, 2.24) is 9.55 Å². The molecule has 0 bridgehead atoms. The molecule has 0 aliphatic carbocycles. The third kappa shape index (κ3) is 4.23. The second-order valence-corrected chi connectivity index (χ2v) is 4.20. The lowest BCUT2D eigenvalue weighted by Gasteiger charge is -2.07. The van der Waals surface area contributed by atoms with Crippen LogP contribution in [0.3, 0.4) is 0 Å². The lowest BCUT2D eigenvalue weighted by molar-refractivity contribution is -0.322. The summed E-state index contributed by atoms with van der Waals surface area (Å²) in [5.74, 6) is 0.509. The van der Waals surface area contributed by atoms with E-state index in [0.717, 1.165) is 5.69 Å². The average Bonchev–Trinajstić information content (AvgIpc) is 2.53. The molecule has 0 aliphatic heterocycles. The molecule has 1 rings (SSSR count). The highest BCUT2D eigenvalue weighted by Gasteiger charge is 2.28. The van der Waals surface area contributed by atoms with Crippen molar-refractivity contribution in [2.75, 3.05) is 12.4 Å². The Labute approximate surface area is 99.9 Å². The maximum atomic E-state index is 11.6. The molecule has 0 aromatic carbocycles. The Hall–Kier alpha value is -0.400. The van der Waals surface area contributed by atoms with Crippen LogP contribution in [-0.2, 0) is 17.7 Å². The molecule has 0 N–H and O–H groups in total. The van der Waals surface area contributed by atoms with Gasteiger partial charge in [-0.1, -0.05) is 11.8 Å². The molecule has 0 spiro atoms. The normalized spacial score (nSPS) is 12.1. The monoisotopic (exact) mass is 274 g/mol. The van der Waals surface area contributed by atoms with Crippen molar-refractivity contribution in [2.24, 2.45) is 7.05 Å². The molecule has 0 amide bonds. The summed E-state index contributed by atoms with van der Waals surface area (Å²) < 4.78 is 40.3. The first-order chi connectivity index (χ1) is 7.44. The number of halogens is 4. The molecule has 1 heterocycles. The molecule has 0 saturated heterocycles. The quantitative estimate of drug-likeness (QED) is 0.469. The second kappa shape index (κ2) is 5.79. The van der Waals surface area contributed by atoms with Crippen LogP contribution in [0.15, 0.2) is 11.4 Å². The van der Waals surface area contributed by atoms with Gasteiger partial charge >= 0.3 is 6.36 Å². The van der Waals surface area contributed by atoms with Gasteiger partial charge in [0.25, 0.3) is 0 Å². The zero-order valence-corrected chi connectivity index (χ0v) is 9.99. The topological polar surface area (TPSA) is 27.1 Å². The fraction of sp³-hybridized carbons (Fsp3) is 0.625. The smallest absolute Gasteiger partial charge is 0.325 e. The summed E-state index contributed by atoms with van der Waals surface area (Å²) in [6.07, 6.45) is -2.97. The van der Waals surface area contributed by atoms with E-state index in [0.29, 0.717) is 11.0 Å². The van der Waals surface area contributed by atoms with Crippen molar-refractivity contribution in [1.29, 1.82) is 0 Å². The van der Waals surface area contributed by atoms with E-state index in [-0.39, 0.29) is 5.75 Å². The number of alkyl halides is 4. The molecule has 16 heavy (non-hydrogen) atoms. The first kappa shape index (κ1) is 13.7. The number of thioether (sulfide) groups is 1. The van der Waals surface area contributed by atoms with E-state index in [9.17, 15) is 13.2 Å². The highest BCUT2D eigenvalue weighted by atomic mass is 35.5. The molecule has 0 aliphatic rings. The molecule has 0 unspecified atom stereocenters. The van der Waals surface area contributed by atoms with Crippen LogP contribution >= 0.6 is 23.4 Å². The summed E-state index contributed by atoms with van der Waals surface area (Å²) in [5, 5.41) is 0.626. The maximum Gasteiger partial charge on any atom is 0.522 e. The minimum absolute atomic E-state index is 0.187. The van der Waals surface area contributed by atoms with Crippen LogP contribution in [0.1, 0.15) is 5.69 Å². The molecule has 0 radical (unpaired) electrons. The van der Waals surface area contributed by atoms with E-state index in [1.807, 2.05) is 0 Å². The van der Waals surface area contributed by atoms with Gasteiger partial charge in [0.15, 0.2) is 5.16 Å². The van der Waals surface area contributed by atoms with E-state index in [2.05, 4.69) is 9.72 Å². The van der Waals surface area contributed by atoms with Crippen molar-refractivity contribution < 1.29 is 17.9 Å². The molecule has 1 aromatic rings. The molecule has 8 heteroatoms. The number of hydrogen-bond acceptors (Lipinski definition) is 3. The van der Waals surface area contributed by atoms with Crippen LogP contribution in [0.2, 0.25) is 0 Å². The SMILES string of the molecule is Cn1c(CCl)cnc1SCCOC(F)(F)F. The average molecular weight is 275 g/mol. The number of ether oxygens (including phenoxy) is 1. The number of aromatic nitrogens is 2. The zero-order chi connectivity index (χ0) is 12.2. The molecule has 3 nitrogen and oxygen atoms in total. The molecular weight excluding hydrogens is 265 g/mol. The van der Waals surface area contributed by atoms with E-state index in [1.165, 1.54) is 11.8 Å². The summed E-state index contributed by atoms with van der Waals surface area (Å²) in [6, 6.07) is 0. The summed E-state index contributed by atoms with van der Waals surface area (Å²) >= 11 is 6.82. The Morgan fingerprint density at radius 3 is 2.75 bits per heavy atom. The van der Waals surface area contributed by atoms with Gasteiger partial charge in [-0.15, -0.1) is 24.8 Å². The van der Waals surface area contributed by atoms with Gasteiger partial charge in [-0.05, 0) is 0 Å². The van der Waals surface area contributed by atoms with Crippen molar-refractivity contribution >= 4 is 23.4 Å². The van der Waals surface area contributed by atoms with Gasteiger partial charge in [0.1, 0.15) is 0 Å². The minimum atomic E-state index is -4.57. The molecule has 0 atom stereocenters. The minimum Gasteiger partial charge on any atom is -0.325 e. The molecule has 1 aromatic heterocycles. The van der Waals surface area contributed by atoms with Crippen molar-refractivity contribution in [3.05, 3.63) is 11.9 Å².